The lowest BCUT2D eigenvalue weighted by molar-refractivity contribution is -0.129. The van der Waals surface area contributed by atoms with E-state index in [0.29, 0.717) is 12.3 Å². The van der Waals surface area contributed by atoms with Crippen LogP contribution in [0.15, 0.2) is 24.1 Å². The van der Waals surface area contributed by atoms with Crippen molar-refractivity contribution < 1.29 is 4.79 Å². The summed E-state index contributed by atoms with van der Waals surface area (Å²) in [6.45, 7) is 6.02. The number of aryl methyl sites for hydroxylation is 1. The maximum atomic E-state index is 12.5. The van der Waals surface area contributed by atoms with Crippen molar-refractivity contribution in [1.29, 1.82) is 0 Å². The minimum absolute atomic E-state index is 0.0758. The van der Waals surface area contributed by atoms with Gasteiger partial charge in [-0.15, -0.1) is 11.3 Å². The van der Waals surface area contributed by atoms with Crippen LogP contribution in [0.3, 0.4) is 0 Å². The lowest BCUT2D eigenvalue weighted by Crippen LogP contribution is -2.31. The molecule has 0 aliphatic carbocycles. The van der Waals surface area contributed by atoms with Crippen molar-refractivity contribution in [1.82, 2.24) is 19.7 Å². The van der Waals surface area contributed by atoms with E-state index in [1.54, 1.807) is 11.7 Å². The average molecular weight is 304 g/mol. The Balaban J connectivity index is 1.73. The first-order valence-electron chi connectivity index (χ1n) is 7.09. The van der Waals surface area contributed by atoms with E-state index in [2.05, 4.69) is 30.1 Å². The van der Waals surface area contributed by atoms with Crippen molar-refractivity contribution in [2.75, 3.05) is 13.1 Å². The minimum atomic E-state index is 0.0758. The Morgan fingerprint density at radius 2 is 2.29 bits per heavy atom. The largest absolute Gasteiger partial charge is 0.341 e. The van der Waals surface area contributed by atoms with Gasteiger partial charge in [0, 0.05) is 43.3 Å². The summed E-state index contributed by atoms with van der Waals surface area (Å²) in [6, 6.07) is 0. The van der Waals surface area contributed by atoms with E-state index in [0.717, 1.165) is 18.0 Å². The maximum absolute atomic E-state index is 12.5. The summed E-state index contributed by atoms with van der Waals surface area (Å²) in [5.41, 5.74) is 3.07. The van der Waals surface area contributed by atoms with E-state index < -0.39 is 0 Å². The Kier molecular flexibility index (Phi) is 3.57. The van der Waals surface area contributed by atoms with E-state index in [1.165, 1.54) is 16.9 Å². The van der Waals surface area contributed by atoms with E-state index in [4.69, 9.17) is 0 Å². The number of nitrogens with zero attached hydrogens (tertiary/aromatic N) is 4. The summed E-state index contributed by atoms with van der Waals surface area (Å²) in [4.78, 5) is 19.5. The molecule has 0 saturated carbocycles. The second kappa shape index (κ2) is 5.26. The Bertz CT molecular complexity index is 632. The van der Waals surface area contributed by atoms with Crippen molar-refractivity contribution in [2.45, 2.75) is 26.2 Å². The number of amides is 1. The Hall–Kier alpha value is -1.69. The van der Waals surface area contributed by atoms with Crippen molar-refractivity contribution in [3.63, 3.8) is 0 Å². The summed E-state index contributed by atoms with van der Waals surface area (Å²) >= 11 is 1.54. The van der Waals surface area contributed by atoms with Gasteiger partial charge in [-0.2, -0.15) is 5.10 Å². The molecule has 2 aromatic heterocycles. The highest BCUT2D eigenvalue weighted by Gasteiger charge is 2.42. The van der Waals surface area contributed by atoms with E-state index in [1.807, 2.05) is 22.8 Å². The lowest BCUT2D eigenvalue weighted by atomic mass is 9.79. The van der Waals surface area contributed by atoms with Gasteiger partial charge in [0.15, 0.2) is 0 Å². The van der Waals surface area contributed by atoms with Crippen molar-refractivity contribution >= 4 is 17.2 Å². The molecule has 0 bridgehead atoms. The first kappa shape index (κ1) is 14.3. The molecule has 0 radical (unpaired) electrons. The number of hydrogen-bond acceptors (Lipinski definition) is 4. The van der Waals surface area contributed by atoms with Crippen molar-refractivity contribution in [3.8, 4) is 0 Å². The second-order valence-electron chi connectivity index (χ2n) is 6.41. The normalized spacial score (nSPS) is 20.9. The summed E-state index contributed by atoms with van der Waals surface area (Å²) < 4.78 is 1.83. The summed E-state index contributed by atoms with van der Waals surface area (Å²) in [5.74, 6) is 0.537. The predicted octanol–water partition coefficient (Wildman–Crippen LogP) is 2.07. The van der Waals surface area contributed by atoms with Gasteiger partial charge < -0.3 is 4.90 Å². The Labute approximate surface area is 128 Å². The van der Waals surface area contributed by atoms with Crippen LogP contribution in [0.1, 0.15) is 30.2 Å². The molecule has 6 heteroatoms. The maximum Gasteiger partial charge on any atom is 0.227 e. The molecule has 1 fully saturated rings. The number of aromatic nitrogens is 3. The topological polar surface area (TPSA) is 51.0 Å². The third-order valence-corrected chi connectivity index (χ3v) is 5.01. The summed E-state index contributed by atoms with van der Waals surface area (Å²) in [7, 11) is 1.93. The van der Waals surface area contributed by atoms with Crippen molar-refractivity contribution in [3.05, 3.63) is 34.5 Å². The molecular weight excluding hydrogens is 284 g/mol. The SMILES string of the molecule is Cn1cc(C2CN(C(=O)Cc3cncs3)CC2(C)C)cn1. The van der Waals surface area contributed by atoms with E-state index in [-0.39, 0.29) is 11.3 Å². The fourth-order valence-corrected chi connectivity index (χ4v) is 3.68. The molecule has 3 heterocycles. The fraction of sp³-hybridized carbons (Fsp3) is 0.533. The lowest BCUT2D eigenvalue weighted by Gasteiger charge is -2.24. The molecule has 21 heavy (non-hydrogen) atoms. The molecule has 0 spiro atoms. The first-order valence-corrected chi connectivity index (χ1v) is 7.97. The first-order chi connectivity index (χ1) is 9.95. The number of carbonyl (C=O) groups excluding carboxylic acids is 1. The van der Waals surface area contributed by atoms with Gasteiger partial charge in [0.05, 0.1) is 18.1 Å². The molecule has 5 nitrogen and oxygen atoms in total. The van der Waals surface area contributed by atoms with Gasteiger partial charge in [-0.3, -0.25) is 14.5 Å². The molecule has 1 unspecified atom stereocenters. The quantitative estimate of drug-likeness (QED) is 0.872. The van der Waals surface area contributed by atoms with Crippen LogP contribution in [0.2, 0.25) is 0 Å². The van der Waals surface area contributed by atoms with Crippen LogP contribution in [0, 0.1) is 5.41 Å². The third-order valence-electron chi connectivity index (χ3n) is 4.23. The molecule has 1 amide bonds. The number of carbonyl (C=O) groups is 1. The molecule has 0 aromatic carbocycles. The molecule has 1 aliphatic heterocycles. The van der Waals surface area contributed by atoms with Crippen LogP contribution in [0.25, 0.3) is 0 Å². The number of thiazole rings is 1. The van der Waals surface area contributed by atoms with Crippen molar-refractivity contribution in [2.24, 2.45) is 12.5 Å². The molecule has 1 saturated heterocycles. The standard InChI is InChI=1S/C15H20N4OS/c1-15(2)9-19(14(20)4-12-6-16-10-21-12)8-13(15)11-5-17-18(3)7-11/h5-7,10,13H,4,8-9H2,1-3H3. The highest BCUT2D eigenvalue weighted by atomic mass is 32.1. The smallest absolute Gasteiger partial charge is 0.227 e. The van der Waals surface area contributed by atoms with Gasteiger partial charge in [-0.05, 0) is 11.0 Å². The molecule has 1 aliphatic rings. The third kappa shape index (κ3) is 2.85. The van der Waals surface area contributed by atoms with Crippen LogP contribution in [-0.4, -0.2) is 38.7 Å². The van der Waals surface area contributed by atoms with E-state index in [9.17, 15) is 4.79 Å². The zero-order valence-electron chi connectivity index (χ0n) is 12.6. The fourth-order valence-electron chi connectivity index (χ4n) is 3.09. The van der Waals surface area contributed by atoms with Crippen LogP contribution in [0.4, 0.5) is 0 Å². The summed E-state index contributed by atoms with van der Waals surface area (Å²) in [5, 5.41) is 4.26. The Morgan fingerprint density at radius 1 is 1.48 bits per heavy atom. The Morgan fingerprint density at radius 3 is 2.90 bits per heavy atom. The molecule has 112 valence electrons. The molecule has 3 rings (SSSR count). The van der Waals surface area contributed by atoms with E-state index >= 15 is 0 Å². The van der Waals surface area contributed by atoms with Crippen LogP contribution in [0.5, 0.6) is 0 Å². The predicted molar refractivity (Wildman–Crippen MR) is 82.1 cm³/mol. The average Bonchev–Trinajstić information content (AvgIpc) is 3.10. The zero-order chi connectivity index (χ0) is 15.0. The second-order valence-corrected chi connectivity index (χ2v) is 7.38. The van der Waals surface area contributed by atoms with Gasteiger partial charge in [0.2, 0.25) is 5.91 Å². The molecule has 2 aromatic rings. The number of rotatable bonds is 3. The zero-order valence-corrected chi connectivity index (χ0v) is 13.4. The van der Waals surface area contributed by atoms with Gasteiger partial charge in [0.1, 0.15) is 0 Å². The minimum Gasteiger partial charge on any atom is -0.341 e. The highest BCUT2D eigenvalue weighted by molar-refractivity contribution is 7.09. The van der Waals surface area contributed by atoms with Gasteiger partial charge in [-0.25, -0.2) is 0 Å². The molecule has 0 N–H and O–H groups in total. The van der Waals surface area contributed by atoms with Gasteiger partial charge in [0.25, 0.3) is 0 Å². The molecule has 1 atom stereocenters. The van der Waals surface area contributed by atoms with Crippen LogP contribution < -0.4 is 0 Å². The van der Waals surface area contributed by atoms with Crippen LogP contribution in [-0.2, 0) is 18.3 Å². The highest BCUT2D eigenvalue weighted by Crippen LogP contribution is 2.42. The molecular formula is C15H20N4OS. The summed E-state index contributed by atoms with van der Waals surface area (Å²) in [6.07, 6.45) is 6.22. The monoisotopic (exact) mass is 304 g/mol. The number of hydrogen-bond donors (Lipinski definition) is 0. The van der Waals surface area contributed by atoms with Gasteiger partial charge >= 0.3 is 0 Å². The number of likely N-dealkylation sites (tertiary alicyclic amines) is 1. The van der Waals surface area contributed by atoms with Crippen LogP contribution >= 0.6 is 11.3 Å². The van der Waals surface area contributed by atoms with Gasteiger partial charge in [-0.1, -0.05) is 13.8 Å².